The first-order valence-electron chi connectivity index (χ1n) is 6.70. The summed E-state index contributed by atoms with van der Waals surface area (Å²) < 4.78 is 1.02. The quantitative estimate of drug-likeness (QED) is 0.563. The molecule has 0 aliphatic rings. The van der Waals surface area contributed by atoms with Crippen LogP contribution in [0, 0.1) is 0 Å². The van der Waals surface area contributed by atoms with Gasteiger partial charge in [-0.15, -0.1) is 6.58 Å². The van der Waals surface area contributed by atoms with Crippen molar-refractivity contribution in [2.45, 2.75) is 25.7 Å². The molecule has 100 valence electrons. The first-order valence-corrected chi connectivity index (χ1v) is 7.49. The number of halogens is 1. The van der Waals surface area contributed by atoms with E-state index in [0.717, 1.165) is 34.0 Å². The van der Waals surface area contributed by atoms with E-state index < -0.39 is 0 Å². The highest BCUT2D eigenvalue weighted by Crippen LogP contribution is 2.23. The molecule has 0 saturated heterocycles. The predicted octanol–water partition coefficient (Wildman–Crippen LogP) is 5.16. The Hall–Kier alpha value is -1.35. The number of aromatic nitrogens is 1. The summed E-state index contributed by atoms with van der Waals surface area (Å²) >= 11 is 3.45. The molecule has 0 spiro atoms. The molecule has 0 atom stereocenters. The average molecular weight is 319 g/mol. The van der Waals surface area contributed by atoms with E-state index in [4.69, 9.17) is 0 Å². The van der Waals surface area contributed by atoms with Crippen LogP contribution < -0.4 is 5.32 Å². The summed E-state index contributed by atoms with van der Waals surface area (Å²) in [4.78, 5) is 4.49. The number of nitrogens with one attached hydrogen (secondary N) is 1. The predicted molar refractivity (Wildman–Crippen MR) is 86.6 cm³/mol. The van der Waals surface area contributed by atoms with Gasteiger partial charge >= 0.3 is 0 Å². The SMILES string of the molecule is C=CCCCCCNc1cccc2cc(Br)cnc12. The second kappa shape index (κ2) is 7.29. The molecule has 0 aliphatic carbocycles. The lowest BCUT2D eigenvalue weighted by Crippen LogP contribution is -2.02. The normalized spacial score (nSPS) is 10.6. The topological polar surface area (TPSA) is 24.9 Å². The van der Waals surface area contributed by atoms with Gasteiger partial charge in [0.15, 0.2) is 0 Å². The van der Waals surface area contributed by atoms with Gasteiger partial charge in [-0.2, -0.15) is 0 Å². The van der Waals surface area contributed by atoms with E-state index in [-0.39, 0.29) is 0 Å². The van der Waals surface area contributed by atoms with Crippen LogP contribution in [0.1, 0.15) is 25.7 Å². The zero-order chi connectivity index (χ0) is 13.5. The van der Waals surface area contributed by atoms with E-state index in [1.165, 1.54) is 19.3 Å². The summed E-state index contributed by atoms with van der Waals surface area (Å²) in [6.07, 6.45) is 8.59. The van der Waals surface area contributed by atoms with Gasteiger partial charge in [0.05, 0.1) is 11.2 Å². The lowest BCUT2D eigenvalue weighted by molar-refractivity contribution is 0.709. The minimum absolute atomic E-state index is 0.994. The van der Waals surface area contributed by atoms with E-state index in [1.54, 1.807) is 0 Å². The fourth-order valence-electron chi connectivity index (χ4n) is 2.09. The highest BCUT2D eigenvalue weighted by Gasteiger charge is 2.02. The number of hydrogen-bond acceptors (Lipinski definition) is 2. The molecule has 0 fully saturated rings. The molecule has 3 heteroatoms. The molecule has 0 unspecified atom stereocenters. The van der Waals surface area contributed by atoms with E-state index in [0.29, 0.717) is 0 Å². The molecule has 19 heavy (non-hydrogen) atoms. The maximum atomic E-state index is 4.49. The van der Waals surface area contributed by atoms with Crippen LogP contribution in [0.25, 0.3) is 10.9 Å². The molecular weight excluding hydrogens is 300 g/mol. The smallest absolute Gasteiger partial charge is 0.0934 e. The molecule has 1 heterocycles. The average Bonchev–Trinajstić information content (AvgIpc) is 2.42. The van der Waals surface area contributed by atoms with Crippen molar-refractivity contribution < 1.29 is 0 Å². The van der Waals surface area contributed by atoms with Crippen molar-refractivity contribution in [3.8, 4) is 0 Å². The van der Waals surface area contributed by atoms with Gasteiger partial charge in [0, 0.05) is 22.6 Å². The Morgan fingerprint density at radius 1 is 1.26 bits per heavy atom. The molecule has 2 aromatic rings. The van der Waals surface area contributed by atoms with E-state index in [9.17, 15) is 0 Å². The maximum Gasteiger partial charge on any atom is 0.0934 e. The molecule has 1 aromatic carbocycles. The Balaban J connectivity index is 1.95. The van der Waals surface area contributed by atoms with Crippen molar-refractivity contribution in [2.24, 2.45) is 0 Å². The van der Waals surface area contributed by atoms with Crippen LogP contribution in [0.3, 0.4) is 0 Å². The fourth-order valence-corrected chi connectivity index (χ4v) is 2.44. The summed E-state index contributed by atoms with van der Waals surface area (Å²) in [6.45, 7) is 4.73. The van der Waals surface area contributed by atoms with Gasteiger partial charge in [-0.25, -0.2) is 0 Å². The Morgan fingerprint density at radius 2 is 2.16 bits per heavy atom. The second-order valence-electron chi connectivity index (χ2n) is 4.60. The lowest BCUT2D eigenvalue weighted by Gasteiger charge is -2.09. The summed E-state index contributed by atoms with van der Waals surface area (Å²) in [5, 5.41) is 4.64. The number of para-hydroxylation sites is 1. The summed E-state index contributed by atoms with van der Waals surface area (Å²) in [6, 6.07) is 8.34. The van der Waals surface area contributed by atoms with Crippen molar-refractivity contribution in [1.29, 1.82) is 0 Å². The van der Waals surface area contributed by atoms with E-state index in [2.05, 4.69) is 57.1 Å². The first kappa shape index (κ1) is 14.1. The number of rotatable bonds is 7. The number of pyridine rings is 1. The van der Waals surface area contributed by atoms with Gasteiger partial charge in [-0.3, -0.25) is 4.98 Å². The van der Waals surface area contributed by atoms with Crippen molar-refractivity contribution in [2.75, 3.05) is 11.9 Å². The molecule has 2 nitrogen and oxygen atoms in total. The molecule has 2 rings (SSSR count). The van der Waals surface area contributed by atoms with Gasteiger partial charge in [0.1, 0.15) is 0 Å². The third kappa shape index (κ3) is 4.06. The van der Waals surface area contributed by atoms with Crippen LogP contribution >= 0.6 is 15.9 Å². The zero-order valence-corrected chi connectivity index (χ0v) is 12.6. The van der Waals surface area contributed by atoms with Crippen LogP contribution in [0.4, 0.5) is 5.69 Å². The minimum atomic E-state index is 0.994. The summed E-state index contributed by atoms with van der Waals surface area (Å²) in [5.41, 5.74) is 2.16. The number of unbranched alkanes of at least 4 members (excludes halogenated alkanes) is 3. The summed E-state index contributed by atoms with van der Waals surface area (Å²) in [5.74, 6) is 0. The van der Waals surface area contributed by atoms with Crippen molar-refractivity contribution in [3.63, 3.8) is 0 Å². The van der Waals surface area contributed by atoms with Crippen LogP contribution in [0.2, 0.25) is 0 Å². The van der Waals surface area contributed by atoms with Gasteiger partial charge in [0.25, 0.3) is 0 Å². The van der Waals surface area contributed by atoms with Crippen molar-refractivity contribution in [3.05, 3.63) is 47.6 Å². The number of hydrogen-bond donors (Lipinski definition) is 1. The van der Waals surface area contributed by atoms with Crippen LogP contribution in [-0.2, 0) is 0 Å². The third-order valence-electron chi connectivity index (χ3n) is 3.08. The molecule has 0 aliphatic heterocycles. The van der Waals surface area contributed by atoms with Crippen molar-refractivity contribution in [1.82, 2.24) is 4.98 Å². The van der Waals surface area contributed by atoms with Crippen LogP contribution in [0.15, 0.2) is 47.6 Å². The zero-order valence-electron chi connectivity index (χ0n) is 11.0. The molecule has 0 saturated carbocycles. The standard InChI is InChI=1S/C16H19BrN2/c1-2-3-4-5-6-10-18-15-9-7-8-13-11-14(17)12-19-16(13)15/h2,7-9,11-12,18H,1,3-6,10H2. The van der Waals surface area contributed by atoms with Gasteiger partial charge in [0.2, 0.25) is 0 Å². The minimum Gasteiger partial charge on any atom is -0.383 e. The van der Waals surface area contributed by atoms with E-state index in [1.807, 2.05) is 12.3 Å². The number of benzene rings is 1. The monoisotopic (exact) mass is 318 g/mol. The second-order valence-corrected chi connectivity index (χ2v) is 5.51. The molecular formula is C16H19BrN2. The van der Waals surface area contributed by atoms with E-state index >= 15 is 0 Å². The van der Waals surface area contributed by atoms with Gasteiger partial charge < -0.3 is 5.32 Å². The molecule has 0 amide bonds. The van der Waals surface area contributed by atoms with Crippen molar-refractivity contribution >= 4 is 32.5 Å². The van der Waals surface area contributed by atoms with Gasteiger partial charge in [-0.05, 0) is 47.3 Å². The molecule has 0 radical (unpaired) electrons. The Bertz CT molecular complexity index is 551. The largest absolute Gasteiger partial charge is 0.383 e. The lowest BCUT2D eigenvalue weighted by atomic mass is 10.1. The highest BCUT2D eigenvalue weighted by molar-refractivity contribution is 9.10. The van der Waals surface area contributed by atoms with Gasteiger partial charge in [-0.1, -0.05) is 24.6 Å². The maximum absolute atomic E-state index is 4.49. The first-order chi connectivity index (χ1) is 9.31. The number of anilines is 1. The fraction of sp³-hybridized carbons (Fsp3) is 0.312. The number of fused-ring (bicyclic) bond motifs is 1. The Labute approximate surface area is 123 Å². The Kier molecular flexibility index (Phi) is 5.40. The Morgan fingerprint density at radius 3 is 3.00 bits per heavy atom. The van der Waals surface area contributed by atoms with Crippen LogP contribution in [0.5, 0.6) is 0 Å². The van der Waals surface area contributed by atoms with Crippen LogP contribution in [-0.4, -0.2) is 11.5 Å². The molecule has 1 N–H and O–H groups in total. The number of allylic oxidation sites excluding steroid dienone is 1. The highest BCUT2D eigenvalue weighted by atomic mass is 79.9. The third-order valence-corrected chi connectivity index (χ3v) is 3.51. The number of nitrogens with zero attached hydrogens (tertiary/aromatic N) is 1. The summed E-state index contributed by atoms with van der Waals surface area (Å²) in [7, 11) is 0. The molecule has 0 bridgehead atoms. The molecule has 1 aromatic heterocycles.